The quantitative estimate of drug-likeness (QED) is 0.701. The second-order valence-electron chi connectivity index (χ2n) is 4.70. The third kappa shape index (κ3) is 4.68. The fraction of sp³-hybridized carbons (Fsp3) is 0.500. The van der Waals surface area contributed by atoms with Gasteiger partial charge in [-0.2, -0.15) is 0 Å². The Kier molecular flexibility index (Phi) is 6.77. The van der Waals surface area contributed by atoms with Crippen LogP contribution in [0, 0.1) is 0 Å². The summed E-state index contributed by atoms with van der Waals surface area (Å²) in [7, 11) is 0. The molecule has 0 bridgehead atoms. The van der Waals surface area contributed by atoms with Crippen LogP contribution in [0.1, 0.15) is 40.0 Å². The minimum Gasteiger partial charge on any atom is -0.462 e. The van der Waals surface area contributed by atoms with Crippen LogP contribution >= 0.6 is 0 Å². The Bertz CT molecular complexity index is 455. The predicted molar refractivity (Wildman–Crippen MR) is 77.0 cm³/mol. The van der Waals surface area contributed by atoms with Crippen LogP contribution in [-0.2, 0) is 19.1 Å². The maximum Gasteiger partial charge on any atom is 0.339 e. The van der Waals surface area contributed by atoms with Gasteiger partial charge in [0.2, 0.25) is 0 Å². The predicted octanol–water partition coefficient (Wildman–Crippen LogP) is 3.10. The van der Waals surface area contributed by atoms with Gasteiger partial charge in [-0.3, -0.25) is 0 Å². The van der Waals surface area contributed by atoms with Gasteiger partial charge in [0.05, 0.1) is 24.4 Å². The zero-order chi connectivity index (χ0) is 15.0. The van der Waals surface area contributed by atoms with E-state index >= 15 is 0 Å². The first-order valence-corrected chi connectivity index (χ1v) is 7.02. The van der Waals surface area contributed by atoms with E-state index in [1.807, 2.05) is 26.8 Å². The van der Waals surface area contributed by atoms with Crippen molar-refractivity contribution in [2.75, 3.05) is 13.2 Å². The molecule has 4 nitrogen and oxygen atoms in total. The SMILES string of the molecule is CCCOC(=O)C1=C(C(=O)OCCC)C=C(C)CC=C1. The fourth-order valence-electron chi connectivity index (χ4n) is 1.73. The number of esters is 2. The van der Waals surface area contributed by atoms with Crippen molar-refractivity contribution in [3.63, 3.8) is 0 Å². The Hall–Kier alpha value is -1.84. The summed E-state index contributed by atoms with van der Waals surface area (Å²) < 4.78 is 10.3. The van der Waals surface area contributed by atoms with E-state index in [0.717, 1.165) is 18.4 Å². The zero-order valence-electron chi connectivity index (χ0n) is 12.4. The molecule has 0 fully saturated rings. The van der Waals surface area contributed by atoms with Crippen LogP contribution in [0.2, 0.25) is 0 Å². The number of allylic oxidation sites excluding steroid dienone is 2. The highest BCUT2D eigenvalue weighted by Gasteiger charge is 2.21. The van der Waals surface area contributed by atoms with E-state index < -0.39 is 11.9 Å². The van der Waals surface area contributed by atoms with E-state index in [9.17, 15) is 9.59 Å². The topological polar surface area (TPSA) is 52.6 Å². The molecule has 4 heteroatoms. The first-order chi connectivity index (χ1) is 9.60. The molecular formula is C16H22O4. The van der Waals surface area contributed by atoms with Gasteiger partial charge in [-0.1, -0.05) is 31.6 Å². The number of hydrogen-bond donors (Lipinski definition) is 0. The minimum absolute atomic E-state index is 0.274. The van der Waals surface area contributed by atoms with Crippen LogP contribution in [-0.4, -0.2) is 25.2 Å². The average molecular weight is 278 g/mol. The Morgan fingerprint density at radius 2 is 1.60 bits per heavy atom. The molecule has 0 amide bonds. The molecular weight excluding hydrogens is 256 g/mol. The van der Waals surface area contributed by atoms with E-state index in [0.29, 0.717) is 19.6 Å². The molecule has 20 heavy (non-hydrogen) atoms. The standard InChI is InChI=1S/C16H22O4/c1-4-9-19-15(17)13-8-6-7-12(3)11-14(13)16(18)20-10-5-2/h6,8,11H,4-5,7,9-10H2,1-3H3. The third-order valence-corrected chi connectivity index (χ3v) is 2.72. The summed E-state index contributed by atoms with van der Waals surface area (Å²) in [5.74, 6) is -0.946. The monoisotopic (exact) mass is 278 g/mol. The van der Waals surface area contributed by atoms with Gasteiger partial charge in [0, 0.05) is 0 Å². The van der Waals surface area contributed by atoms with Crippen LogP contribution in [0.5, 0.6) is 0 Å². The molecule has 0 saturated heterocycles. The van der Waals surface area contributed by atoms with Crippen molar-refractivity contribution in [3.05, 3.63) is 34.9 Å². The van der Waals surface area contributed by atoms with Crippen LogP contribution < -0.4 is 0 Å². The molecule has 0 heterocycles. The molecule has 1 aliphatic carbocycles. The van der Waals surface area contributed by atoms with Gasteiger partial charge in [-0.05, 0) is 32.3 Å². The zero-order valence-corrected chi connectivity index (χ0v) is 12.4. The lowest BCUT2D eigenvalue weighted by molar-refractivity contribution is -0.141. The second kappa shape index (κ2) is 8.35. The molecule has 0 aliphatic heterocycles. The van der Waals surface area contributed by atoms with Crippen molar-refractivity contribution in [2.45, 2.75) is 40.0 Å². The molecule has 0 atom stereocenters. The minimum atomic E-state index is -0.475. The number of hydrogen-bond acceptors (Lipinski definition) is 4. The highest BCUT2D eigenvalue weighted by molar-refractivity contribution is 6.04. The molecule has 0 aromatic carbocycles. The molecule has 0 aromatic rings. The normalized spacial score (nSPS) is 14.7. The molecule has 0 unspecified atom stereocenters. The molecule has 1 rings (SSSR count). The van der Waals surface area contributed by atoms with Crippen LogP contribution in [0.3, 0.4) is 0 Å². The lowest BCUT2D eigenvalue weighted by atomic mass is 10.1. The maximum absolute atomic E-state index is 12.1. The number of carbonyl (C=O) groups is 2. The molecule has 0 saturated carbocycles. The van der Waals surface area contributed by atoms with Gasteiger partial charge in [-0.25, -0.2) is 9.59 Å². The van der Waals surface area contributed by atoms with Crippen molar-refractivity contribution < 1.29 is 19.1 Å². The van der Waals surface area contributed by atoms with E-state index in [1.165, 1.54) is 0 Å². The second-order valence-corrected chi connectivity index (χ2v) is 4.70. The fourth-order valence-corrected chi connectivity index (χ4v) is 1.73. The summed E-state index contributed by atoms with van der Waals surface area (Å²) in [6.45, 7) is 6.45. The van der Waals surface area contributed by atoms with E-state index in [4.69, 9.17) is 9.47 Å². The van der Waals surface area contributed by atoms with Crippen molar-refractivity contribution in [1.82, 2.24) is 0 Å². The molecule has 0 aromatic heterocycles. The van der Waals surface area contributed by atoms with E-state index in [1.54, 1.807) is 12.2 Å². The molecule has 1 aliphatic rings. The number of carbonyl (C=O) groups excluding carboxylic acids is 2. The Balaban J connectivity index is 3.05. The summed E-state index contributed by atoms with van der Waals surface area (Å²) in [5.41, 5.74) is 1.56. The smallest absolute Gasteiger partial charge is 0.339 e. The summed E-state index contributed by atoms with van der Waals surface area (Å²) in [5, 5.41) is 0. The van der Waals surface area contributed by atoms with Crippen molar-refractivity contribution in [1.29, 1.82) is 0 Å². The molecule has 0 spiro atoms. The van der Waals surface area contributed by atoms with Gasteiger partial charge < -0.3 is 9.47 Å². The lowest BCUT2D eigenvalue weighted by Crippen LogP contribution is -2.15. The highest BCUT2D eigenvalue weighted by atomic mass is 16.5. The lowest BCUT2D eigenvalue weighted by Gasteiger charge is -2.09. The summed E-state index contributed by atoms with van der Waals surface area (Å²) in [6, 6.07) is 0. The van der Waals surface area contributed by atoms with Gasteiger partial charge in [0.25, 0.3) is 0 Å². The summed E-state index contributed by atoms with van der Waals surface area (Å²) >= 11 is 0. The third-order valence-electron chi connectivity index (χ3n) is 2.72. The number of ether oxygens (including phenoxy) is 2. The van der Waals surface area contributed by atoms with Crippen molar-refractivity contribution >= 4 is 11.9 Å². The largest absolute Gasteiger partial charge is 0.462 e. The average Bonchev–Trinajstić information content (AvgIpc) is 2.63. The van der Waals surface area contributed by atoms with Crippen LogP contribution in [0.15, 0.2) is 34.9 Å². The van der Waals surface area contributed by atoms with Crippen LogP contribution in [0.4, 0.5) is 0 Å². The van der Waals surface area contributed by atoms with E-state index in [-0.39, 0.29) is 11.1 Å². The van der Waals surface area contributed by atoms with Crippen LogP contribution in [0.25, 0.3) is 0 Å². The van der Waals surface area contributed by atoms with Crippen molar-refractivity contribution in [2.24, 2.45) is 0 Å². The highest BCUT2D eigenvalue weighted by Crippen LogP contribution is 2.20. The number of rotatable bonds is 6. The molecule has 110 valence electrons. The first kappa shape index (κ1) is 16.2. The summed E-state index contributed by atoms with van der Waals surface area (Å²) in [4.78, 5) is 24.1. The maximum atomic E-state index is 12.1. The van der Waals surface area contributed by atoms with E-state index in [2.05, 4.69) is 0 Å². The van der Waals surface area contributed by atoms with Gasteiger partial charge >= 0.3 is 11.9 Å². The Labute approximate surface area is 120 Å². The Morgan fingerprint density at radius 3 is 2.15 bits per heavy atom. The molecule has 0 radical (unpaired) electrons. The van der Waals surface area contributed by atoms with Gasteiger partial charge in [-0.15, -0.1) is 0 Å². The molecule has 0 N–H and O–H groups in total. The van der Waals surface area contributed by atoms with Gasteiger partial charge in [0.15, 0.2) is 0 Å². The van der Waals surface area contributed by atoms with Crippen molar-refractivity contribution in [3.8, 4) is 0 Å². The van der Waals surface area contributed by atoms with Gasteiger partial charge in [0.1, 0.15) is 0 Å². The summed E-state index contributed by atoms with van der Waals surface area (Å²) in [6.07, 6.45) is 7.40. The Morgan fingerprint density at radius 1 is 1.05 bits per heavy atom. The first-order valence-electron chi connectivity index (χ1n) is 7.02.